The van der Waals surface area contributed by atoms with E-state index in [4.69, 9.17) is 31.2 Å². The summed E-state index contributed by atoms with van der Waals surface area (Å²) in [5.74, 6) is 1.68. The Morgan fingerprint density at radius 1 is 0.971 bits per heavy atom. The van der Waals surface area contributed by atoms with Gasteiger partial charge < -0.3 is 18.9 Å². The smallest absolute Gasteiger partial charge is 0.260 e. The number of thiocarbonyl (C=S) groups is 1. The first-order valence-corrected chi connectivity index (χ1v) is 11.6. The number of ether oxygens (including phenoxy) is 4. The Labute approximate surface area is 209 Å². The Morgan fingerprint density at radius 3 is 2.23 bits per heavy atom. The minimum atomic E-state index is -0.760. The molecule has 180 valence electrons. The lowest BCUT2D eigenvalue weighted by atomic mass is 9.88. The van der Waals surface area contributed by atoms with E-state index in [1.165, 1.54) is 21.3 Å². The van der Waals surface area contributed by atoms with Gasteiger partial charge in [0.05, 0.1) is 27.4 Å². The fraction of sp³-hybridized carbons (Fsp3) is 0.259. The van der Waals surface area contributed by atoms with Crippen molar-refractivity contribution in [2.45, 2.75) is 25.1 Å². The summed E-state index contributed by atoms with van der Waals surface area (Å²) in [6.07, 6.45) is 0.537. The van der Waals surface area contributed by atoms with Gasteiger partial charge in [-0.25, -0.2) is 0 Å². The Morgan fingerprint density at radius 2 is 1.60 bits per heavy atom. The van der Waals surface area contributed by atoms with Crippen molar-refractivity contribution in [2.75, 3.05) is 26.2 Å². The predicted octanol–water partition coefficient (Wildman–Crippen LogP) is 5.20. The maximum atomic E-state index is 14.2. The number of rotatable bonds is 5. The molecular weight excluding hydrogens is 464 g/mol. The number of carbonyl (C=O) groups is 1. The van der Waals surface area contributed by atoms with Crippen LogP contribution in [0.2, 0.25) is 0 Å². The number of para-hydroxylation sites is 2. The molecule has 0 N–H and O–H groups in total. The van der Waals surface area contributed by atoms with Gasteiger partial charge in [-0.3, -0.25) is 14.6 Å². The van der Waals surface area contributed by atoms with Crippen molar-refractivity contribution >= 4 is 28.9 Å². The lowest BCUT2D eigenvalue weighted by molar-refractivity contribution is 0.0184. The summed E-state index contributed by atoms with van der Waals surface area (Å²) < 4.78 is 22.9. The van der Waals surface area contributed by atoms with Gasteiger partial charge in [0, 0.05) is 23.2 Å². The van der Waals surface area contributed by atoms with Crippen molar-refractivity contribution < 1.29 is 23.7 Å². The first-order chi connectivity index (χ1) is 16.9. The van der Waals surface area contributed by atoms with Gasteiger partial charge in [-0.2, -0.15) is 0 Å². The van der Waals surface area contributed by atoms with Crippen LogP contribution in [0.4, 0.5) is 5.69 Å². The molecule has 7 nitrogen and oxygen atoms in total. The number of fused-ring (bicyclic) bond motifs is 4. The van der Waals surface area contributed by atoms with Crippen LogP contribution in [0.15, 0.2) is 66.7 Å². The van der Waals surface area contributed by atoms with E-state index in [0.29, 0.717) is 34.3 Å². The highest BCUT2D eigenvalue weighted by molar-refractivity contribution is 7.80. The minimum Gasteiger partial charge on any atom is -0.493 e. The van der Waals surface area contributed by atoms with E-state index in [0.717, 1.165) is 17.0 Å². The zero-order chi connectivity index (χ0) is 24.7. The van der Waals surface area contributed by atoms with Crippen LogP contribution < -0.4 is 23.8 Å². The van der Waals surface area contributed by atoms with Gasteiger partial charge in [-0.15, -0.1) is 0 Å². The van der Waals surface area contributed by atoms with Gasteiger partial charge in [0.25, 0.3) is 5.91 Å². The summed E-state index contributed by atoms with van der Waals surface area (Å²) in [5, 5.41) is 0.364. The van der Waals surface area contributed by atoms with Crippen LogP contribution in [0.3, 0.4) is 0 Å². The van der Waals surface area contributed by atoms with Gasteiger partial charge >= 0.3 is 0 Å². The molecule has 0 aromatic heterocycles. The summed E-state index contributed by atoms with van der Waals surface area (Å²) in [6.45, 7) is 2.01. The third kappa shape index (κ3) is 3.65. The molecule has 2 aliphatic rings. The van der Waals surface area contributed by atoms with E-state index in [1.54, 1.807) is 17.0 Å². The van der Waals surface area contributed by atoms with E-state index in [9.17, 15) is 4.79 Å². The number of anilines is 1. The molecular formula is C27H26N2O5S. The zero-order valence-corrected chi connectivity index (χ0v) is 20.8. The first-order valence-electron chi connectivity index (χ1n) is 11.2. The van der Waals surface area contributed by atoms with Gasteiger partial charge in [0.2, 0.25) is 5.75 Å². The van der Waals surface area contributed by atoms with E-state index in [1.807, 2.05) is 66.4 Å². The quantitative estimate of drug-likeness (QED) is 0.456. The maximum absolute atomic E-state index is 14.2. The lowest BCUT2D eigenvalue weighted by Crippen LogP contribution is -2.67. The molecule has 2 atom stereocenters. The average molecular weight is 491 g/mol. The third-order valence-electron chi connectivity index (χ3n) is 6.51. The molecule has 2 heterocycles. The minimum absolute atomic E-state index is 0.265. The van der Waals surface area contributed by atoms with Crippen LogP contribution in [-0.4, -0.2) is 43.0 Å². The van der Waals surface area contributed by atoms with E-state index in [2.05, 4.69) is 0 Å². The Hall–Kier alpha value is -3.78. The molecule has 3 aromatic carbocycles. The maximum Gasteiger partial charge on any atom is 0.260 e. The summed E-state index contributed by atoms with van der Waals surface area (Å²) in [4.78, 5) is 17.8. The molecule has 8 heteroatoms. The summed E-state index contributed by atoms with van der Waals surface area (Å²) >= 11 is 6.00. The van der Waals surface area contributed by atoms with Gasteiger partial charge in [0.1, 0.15) is 5.75 Å². The van der Waals surface area contributed by atoms with Gasteiger partial charge in [-0.05, 0) is 49.5 Å². The van der Waals surface area contributed by atoms with Gasteiger partial charge in [-0.1, -0.05) is 36.4 Å². The van der Waals surface area contributed by atoms with E-state index >= 15 is 0 Å². The normalized spacial score (nSPS) is 20.6. The molecule has 1 amide bonds. The predicted molar refractivity (Wildman–Crippen MR) is 137 cm³/mol. The number of hydrogen-bond acceptors (Lipinski definition) is 6. The topological polar surface area (TPSA) is 60.5 Å². The molecule has 0 spiro atoms. The van der Waals surface area contributed by atoms with Gasteiger partial charge in [0.15, 0.2) is 22.3 Å². The van der Waals surface area contributed by atoms with Crippen LogP contribution in [0, 0.1) is 0 Å². The second-order valence-electron chi connectivity index (χ2n) is 8.58. The number of nitrogens with zero attached hydrogens (tertiary/aromatic N) is 2. The number of benzene rings is 3. The van der Waals surface area contributed by atoms with Crippen molar-refractivity contribution in [3.8, 4) is 23.0 Å². The van der Waals surface area contributed by atoms with Crippen molar-refractivity contribution in [3.63, 3.8) is 0 Å². The highest BCUT2D eigenvalue weighted by Gasteiger charge is 2.53. The summed E-state index contributed by atoms with van der Waals surface area (Å²) in [7, 11) is 4.57. The standard InChI is InChI=1S/C27H26N2O5S/c1-27-16-20(19-12-8-9-13-21(19)34-27)28(26(35)29(27)18-10-6-5-7-11-18)25(30)17-14-22(31-2)24(33-4)23(15-17)32-3/h5-15,20H,16H2,1-4H3/t20-,27+/m0/s1. The summed E-state index contributed by atoms with van der Waals surface area (Å²) in [5.41, 5.74) is 1.38. The summed E-state index contributed by atoms with van der Waals surface area (Å²) in [6, 6.07) is 20.5. The Balaban J connectivity index is 1.67. The molecule has 3 aromatic rings. The molecule has 0 aliphatic carbocycles. The largest absolute Gasteiger partial charge is 0.493 e. The zero-order valence-electron chi connectivity index (χ0n) is 20.0. The molecule has 0 unspecified atom stereocenters. The number of carbonyl (C=O) groups excluding carboxylic acids is 1. The molecule has 1 saturated heterocycles. The highest BCUT2D eigenvalue weighted by atomic mass is 32.1. The third-order valence-corrected chi connectivity index (χ3v) is 6.89. The SMILES string of the molecule is COc1cc(C(=O)N2C(=S)N(c3ccccc3)[C@@]3(C)C[C@H]2c2ccccc2O3)cc(OC)c1OC. The van der Waals surface area contributed by atoms with Crippen LogP contribution in [0.5, 0.6) is 23.0 Å². The molecule has 0 saturated carbocycles. The average Bonchev–Trinajstić information content (AvgIpc) is 2.87. The number of hydrogen-bond donors (Lipinski definition) is 0. The molecule has 1 fully saturated rings. The van der Waals surface area contributed by atoms with E-state index < -0.39 is 5.72 Å². The second-order valence-corrected chi connectivity index (χ2v) is 8.94. The fourth-order valence-electron chi connectivity index (χ4n) is 4.94. The number of methoxy groups -OCH3 is 3. The van der Waals surface area contributed by atoms with Crippen LogP contribution in [-0.2, 0) is 0 Å². The monoisotopic (exact) mass is 490 g/mol. The molecule has 2 aliphatic heterocycles. The van der Waals surface area contributed by atoms with Crippen molar-refractivity contribution in [1.82, 2.24) is 4.90 Å². The molecule has 2 bridgehead atoms. The highest BCUT2D eigenvalue weighted by Crippen LogP contribution is 2.50. The van der Waals surface area contributed by atoms with E-state index in [-0.39, 0.29) is 11.9 Å². The second kappa shape index (κ2) is 8.78. The molecule has 35 heavy (non-hydrogen) atoms. The van der Waals surface area contributed by atoms with Crippen LogP contribution >= 0.6 is 12.2 Å². The van der Waals surface area contributed by atoms with Crippen molar-refractivity contribution in [3.05, 3.63) is 77.9 Å². The lowest BCUT2D eigenvalue weighted by Gasteiger charge is -2.55. The number of amides is 1. The molecule has 0 radical (unpaired) electrons. The fourth-order valence-corrected chi connectivity index (χ4v) is 5.45. The van der Waals surface area contributed by atoms with Crippen LogP contribution in [0.25, 0.3) is 0 Å². The van der Waals surface area contributed by atoms with Crippen molar-refractivity contribution in [2.24, 2.45) is 0 Å². The molecule has 5 rings (SSSR count). The van der Waals surface area contributed by atoms with Crippen LogP contribution in [0.1, 0.15) is 35.3 Å². The van der Waals surface area contributed by atoms with Crippen molar-refractivity contribution in [1.29, 1.82) is 0 Å². The first kappa shape index (κ1) is 23.0. The Kier molecular flexibility index (Phi) is 5.76. The Bertz CT molecular complexity index is 1270.